The molecule has 0 amide bonds. The van der Waals surface area contributed by atoms with E-state index in [1.165, 1.54) is 24.3 Å². The van der Waals surface area contributed by atoms with E-state index in [4.69, 9.17) is 23.2 Å². The Labute approximate surface area is 385 Å². The van der Waals surface area contributed by atoms with Crippen molar-refractivity contribution in [1.29, 1.82) is 0 Å². The Bertz CT molecular complexity index is 2470. The SMILES string of the molecule is C.Cc1ccc(F)c(CCC(=O)c2snnc2C2CC2)c1Cl.Cc1ccc(F)c(CCC(=O)c2snnc2C2CC2)c1F.O=C(CCc1c(F)cccc1Cl)c1snnc1C1CC1. The normalized spacial score (nSPS) is 14.2. The standard InChI is InChI=1S/C15H14ClFN2OS.C15H14F2N2OS.C14H12ClFN2OS.CH4/c1-8-2-6-11(17)10(13(8)16)5-7-12(20)15-14(9-3-4-9)18-19-21-15;1-8-2-6-11(16)10(13(8)17)5-7-12(20)15-14(9-3-4-9)18-19-21-15;15-10-2-1-3-11(16)9(10)6-7-12(19)14-13(8-4-5-8)17-18-20-14;/h2*2,6,9H,3-5,7H2,1H3;1-3,8H,4-7H2;1H4. The third-order valence-electron chi connectivity index (χ3n) is 10.8. The summed E-state index contributed by atoms with van der Waals surface area (Å²) in [5.41, 5.74) is 4.39. The van der Waals surface area contributed by atoms with E-state index in [0.29, 0.717) is 72.0 Å². The molecule has 3 saturated carbocycles. The third kappa shape index (κ3) is 12.1. The highest BCUT2D eigenvalue weighted by molar-refractivity contribution is 7.08. The molecule has 3 aromatic heterocycles. The van der Waals surface area contributed by atoms with Crippen LogP contribution in [0.2, 0.25) is 10.0 Å². The topological polar surface area (TPSA) is 129 Å². The maximum Gasteiger partial charge on any atom is 0.176 e. The predicted molar refractivity (Wildman–Crippen MR) is 239 cm³/mol. The number of Topliss-reactive ketones (excluding diaryl/α,β-unsaturated/α-hetero) is 3. The molecule has 0 spiro atoms. The largest absolute Gasteiger partial charge is 0.293 e. The molecule has 9 rings (SSSR count). The van der Waals surface area contributed by atoms with Crippen LogP contribution in [0.1, 0.15) is 157 Å². The lowest BCUT2D eigenvalue weighted by atomic mass is 10.0. The average Bonchev–Trinajstić information content (AvgIpc) is 4.25. The minimum Gasteiger partial charge on any atom is -0.293 e. The highest BCUT2D eigenvalue weighted by atomic mass is 35.5. The molecule has 3 fully saturated rings. The number of hydrogen-bond donors (Lipinski definition) is 0. The average molecular weight is 960 g/mol. The van der Waals surface area contributed by atoms with Gasteiger partial charge in [-0.15, -0.1) is 15.3 Å². The van der Waals surface area contributed by atoms with Gasteiger partial charge in [0.2, 0.25) is 0 Å². The van der Waals surface area contributed by atoms with Crippen LogP contribution in [-0.4, -0.2) is 46.1 Å². The predicted octanol–water partition coefficient (Wildman–Crippen LogP) is 12.8. The molecule has 3 aromatic carbocycles. The minimum atomic E-state index is -0.601. The molecule has 9 nitrogen and oxygen atoms in total. The van der Waals surface area contributed by atoms with Crippen LogP contribution in [0.25, 0.3) is 0 Å². The van der Waals surface area contributed by atoms with Crippen molar-refractivity contribution in [1.82, 2.24) is 28.8 Å². The zero-order valence-electron chi connectivity index (χ0n) is 33.7. The second-order valence-electron chi connectivity index (χ2n) is 15.6. The van der Waals surface area contributed by atoms with Gasteiger partial charge in [-0.05, 0) is 142 Å². The highest BCUT2D eigenvalue weighted by Gasteiger charge is 2.33. The molecule has 6 aromatic rings. The number of hydrogen-bond acceptors (Lipinski definition) is 12. The van der Waals surface area contributed by atoms with E-state index >= 15 is 0 Å². The molecule has 0 bridgehead atoms. The first-order chi connectivity index (χ1) is 29.8. The van der Waals surface area contributed by atoms with Crippen LogP contribution in [0.3, 0.4) is 0 Å². The van der Waals surface area contributed by atoms with E-state index in [9.17, 15) is 31.9 Å². The molecular formula is C45H44Cl2F4N6O3S3. The fraction of sp³-hybridized carbons (Fsp3) is 0.400. The van der Waals surface area contributed by atoms with Crippen molar-refractivity contribution in [3.05, 3.63) is 135 Å². The lowest BCUT2D eigenvalue weighted by molar-refractivity contribution is 0.0977. The van der Waals surface area contributed by atoms with Gasteiger partial charge in [0.25, 0.3) is 0 Å². The van der Waals surface area contributed by atoms with Gasteiger partial charge in [0.1, 0.15) is 37.9 Å². The monoisotopic (exact) mass is 958 g/mol. The summed E-state index contributed by atoms with van der Waals surface area (Å²) in [7, 11) is 0. The first-order valence-corrected chi connectivity index (χ1v) is 23.3. The fourth-order valence-electron chi connectivity index (χ4n) is 6.76. The number of halogens is 6. The molecule has 0 N–H and O–H groups in total. The molecule has 3 aliphatic carbocycles. The van der Waals surface area contributed by atoms with E-state index in [-0.39, 0.29) is 67.7 Å². The quantitative estimate of drug-likeness (QED) is 0.0729. The van der Waals surface area contributed by atoms with Gasteiger partial charge >= 0.3 is 0 Å². The fourth-order valence-corrected chi connectivity index (χ4v) is 9.41. The summed E-state index contributed by atoms with van der Waals surface area (Å²) in [6.07, 6.45) is 7.54. The molecule has 3 heterocycles. The Morgan fingerprint density at radius 1 is 0.556 bits per heavy atom. The van der Waals surface area contributed by atoms with Crippen molar-refractivity contribution in [3.8, 4) is 0 Å². The lowest BCUT2D eigenvalue weighted by Gasteiger charge is -2.07. The Hall–Kier alpha value is -4.35. The molecule has 0 aliphatic heterocycles. The number of benzene rings is 3. The third-order valence-corrected chi connectivity index (χ3v) is 14.0. The number of ketones is 3. The summed E-state index contributed by atoms with van der Waals surface area (Å²) >= 11 is 15.4. The second-order valence-corrected chi connectivity index (χ2v) is 18.6. The molecule has 332 valence electrons. The van der Waals surface area contributed by atoms with Crippen LogP contribution >= 0.6 is 57.8 Å². The summed E-state index contributed by atoms with van der Waals surface area (Å²) in [6.45, 7) is 3.41. The van der Waals surface area contributed by atoms with Gasteiger partial charge in [-0.25, -0.2) is 17.6 Å². The number of aromatic nitrogens is 6. The molecule has 63 heavy (non-hydrogen) atoms. The summed E-state index contributed by atoms with van der Waals surface area (Å²) in [5.74, 6) is -0.944. The number of aryl methyl sites for hydroxylation is 2. The number of carbonyl (C=O) groups excluding carboxylic acids is 3. The van der Waals surface area contributed by atoms with Gasteiger partial charge in [0.05, 0.1) is 17.1 Å². The smallest absolute Gasteiger partial charge is 0.176 e. The summed E-state index contributed by atoms with van der Waals surface area (Å²) < 4.78 is 66.6. The molecule has 3 aliphatic rings. The molecule has 0 saturated heterocycles. The van der Waals surface area contributed by atoms with Crippen LogP contribution < -0.4 is 0 Å². The van der Waals surface area contributed by atoms with Crippen LogP contribution in [0.4, 0.5) is 17.6 Å². The van der Waals surface area contributed by atoms with Crippen LogP contribution in [-0.2, 0) is 19.3 Å². The first-order valence-electron chi connectivity index (χ1n) is 20.2. The molecule has 0 atom stereocenters. The Kier molecular flexibility index (Phi) is 16.5. The number of rotatable bonds is 15. The maximum atomic E-state index is 13.9. The minimum absolute atomic E-state index is 0. The van der Waals surface area contributed by atoms with Gasteiger partial charge in [0.15, 0.2) is 17.3 Å². The van der Waals surface area contributed by atoms with E-state index < -0.39 is 11.6 Å². The Morgan fingerprint density at radius 2 is 0.937 bits per heavy atom. The van der Waals surface area contributed by atoms with Crippen LogP contribution in [0, 0.1) is 37.1 Å². The van der Waals surface area contributed by atoms with Crippen LogP contribution in [0.5, 0.6) is 0 Å². The van der Waals surface area contributed by atoms with Gasteiger partial charge in [0, 0.05) is 63.8 Å². The van der Waals surface area contributed by atoms with Crippen molar-refractivity contribution >= 4 is 75.1 Å². The number of nitrogens with zero attached hydrogens (tertiary/aromatic N) is 6. The van der Waals surface area contributed by atoms with E-state index in [1.807, 2.05) is 6.92 Å². The molecule has 0 radical (unpaired) electrons. The second kappa shape index (κ2) is 21.6. The van der Waals surface area contributed by atoms with Crippen molar-refractivity contribution in [2.45, 2.75) is 116 Å². The van der Waals surface area contributed by atoms with Crippen LogP contribution in [0.15, 0.2) is 42.5 Å². The maximum absolute atomic E-state index is 13.9. The van der Waals surface area contributed by atoms with Gasteiger partial charge in [-0.1, -0.05) is 62.3 Å². The molecule has 0 unspecified atom stereocenters. The Morgan fingerprint density at radius 3 is 1.37 bits per heavy atom. The van der Waals surface area contributed by atoms with Gasteiger partial charge in [-0.3, -0.25) is 14.4 Å². The number of carbonyl (C=O) groups is 3. The Balaban J connectivity index is 0.000000156. The van der Waals surface area contributed by atoms with Gasteiger partial charge < -0.3 is 0 Å². The van der Waals surface area contributed by atoms with E-state index in [2.05, 4.69) is 28.8 Å². The molecule has 18 heteroatoms. The zero-order valence-corrected chi connectivity index (χ0v) is 37.6. The zero-order chi connectivity index (χ0) is 44.1. The van der Waals surface area contributed by atoms with Crippen molar-refractivity contribution in [2.75, 3.05) is 0 Å². The molecular weight excluding hydrogens is 916 g/mol. The first kappa shape index (κ1) is 48.1. The van der Waals surface area contributed by atoms with Gasteiger partial charge in [-0.2, -0.15) is 0 Å². The summed E-state index contributed by atoms with van der Waals surface area (Å²) in [5, 5.41) is 12.9. The van der Waals surface area contributed by atoms with E-state index in [1.54, 1.807) is 25.1 Å². The van der Waals surface area contributed by atoms with Crippen molar-refractivity contribution in [3.63, 3.8) is 0 Å². The van der Waals surface area contributed by atoms with Crippen molar-refractivity contribution < 1.29 is 31.9 Å². The summed E-state index contributed by atoms with van der Waals surface area (Å²) in [4.78, 5) is 38.5. The summed E-state index contributed by atoms with van der Waals surface area (Å²) in [6, 6.07) is 10.2. The highest BCUT2D eigenvalue weighted by Crippen LogP contribution is 2.43. The van der Waals surface area contributed by atoms with Crippen molar-refractivity contribution in [2.24, 2.45) is 0 Å². The lowest BCUT2D eigenvalue weighted by Crippen LogP contribution is -2.05. The van der Waals surface area contributed by atoms with E-state index in [0.717, 1.165) is 95.8 Å².